The van der Waals surface area contributed by atoms with E-state index >= 15 is 0 Å². The molecule has 1 heterocycles. The summed E-state index contributed by atoms with van der Waals surface area (Å²) in [6.45, 7) is 4.00. The van der Waals surface area contributed by atoms with Crippen molar-refractivity contribution in [3.8, 4) is 0 Å². The molecule has 1 atom stereocenters. The Hall–Kier alpha value is -0.920. The molecule has 17 heavy (non-hydrogen) atoms. The first-order chi connectivity index (χ1) is 7.96. The van der Waals surface area contributed by atoms with E-state index in [-0.39, 0.29) is 11.8 Å². The first kappa shape index (κ1) is 14.1. The van der Waals surface area contributed by atoms with Crippen molar-refractivity contribution in [2.24, 2.45) is 5.73 Å². The largest absolute Gasteiger partial charge is 0.361 e. The van der Waals surface area contributed by atoms with Crippen LogP contribution in [-0.2, 0) is 15.8 Å². The second-order valence-electron chi connectivity index (χ2n) is 4.03. The van der Waals surface area contributed by atoms with Gasteiger partial charge in [-0.25, -0.2) is 13.1 Å². The average Bonchev–Trinajstić information content (AvgIpc) is 2.62. The van der Waals surface area contributed by atoms with Crippen LogP contribution in [-0.4, -0.2) is 26.2 Å². The fourth-order valence-corrected chi connectivity index (χ4v) is 2.88. The highest BCUT2D eigenvalue weighted by molar-refractivity contribution is 7.88. The van der Waals surface area contributed by atoms with E-state index < -0.39 is 10.0 Å². The highest BCUT2D eigenvalue weighted by atomic mass is 32.2. The molecule has 98 valence electrons. The molecule has 0 aliphatic heterocycles. The Morgan fingerprint density at radius 1 is 1.59 bits per heavy atom. The van der Waals surface area contributed by atoms with Crippen molar-refractivity contribution < 1.29 is 12.9 Å². The Bertz CT molecular complexity index is 441. The zero-order valence-corrected chi connectivity index (χ0v) is 11.0. The Labute approximate surface area is 102 Å². The minimum atomic E-state index is -3.41. The number of aryl methyl sites for hydroxylation is 1. The minimum absolute atomic E-state index is 0.176. The Kier molecular flexibility index (Phi) is 5.10. The standard InChI is InChI=1S/C10H19N3O3S/c1-3-4-9(6-11)13-17(14,15)7-10-5-8(2)16-12-10/h5,9,13H,3-4,6-7,11H2,1-2H3. The highest BCUT2D eigenvalue weighted by Crippen LogP contribution is 2.07. The molecule has 0 amide bonds. The van der Waals surface area contributed by atoms with Crippen LogP contribution in [0.5, 0.6) is 0 Å². The minimum Gasteiger partial charge on any atom is -0.361 e. The average molecular weight is 261 g/mol. The molecule has 0 saturated heterocycles. The molecule has 1 unspecified atom stereocenters. The van der Waals surface area contributed by atoms with Crippen LogP contribution in [0.4, 0.5) is 0 Å². The molecular formula is C10H19N3O3S. The Morgan fingerprint density at radius 2 is 2.29 bits per heavy atom. The third kappa shape index (κ3) is 4.84. The molecule has 7 heteroatoms. The number of nitrogens with zero attached hydrogens (tertiary/aromatic N) is 1. The van der Waals surface area contributed by atoms with Gasteiger partial charge in [-0.3, -0.25) is 0 Å². The molecule has 0 aliphatic rings. The third-order valence-electron chi connectivity index (χ3n) is 2.28. The van der Waals surface area contributed by atoms with Gasteiger partial charge < -0.3 is 10.3 Å². The Balaban J connectivity index is 2.62. The summed E-state index contributed by atoms with van der Waals surface area (Å²) >= 11 is 0. The molecule has 0 saturated carbocycles. The first-order valence-corrected chi connectivity index (χ1v) is 7.24. The second-order valence-corrected chi connectivity index (χ2v) is 5.78. The fraction of sp³-hybridized carbons (Fsp3) is 0.700. The van der Waals surface area contributed by atoms with Gasteiger partial charge in [-0.15, -0.1) is 0 Å². The summed E-state index contributed by atoms with van der Waals surface area (Å²) < 4.78 is 31.0. The summed E-state index contributed by atoms with van der Waals surface area (Å²) in [6, 6.07) is 1.40. The van der Waals surface area contributed by atoms with E-state index in [2.05, 4.69) is 9.88 Å². The van der Waals surface area contributed by atoms with E-state index in [0.29, 0.717) is 18.0 Å². The number of nitrogens with two attached hydrogens (primary N) is 1. The molecule has 1 rings (SSSR count). The molecule has 1 aromatic heterocycles. The quantitative estimate of drug-likeness (QED) is 0.746. The maximum Gasteiger partial charge on any atom is 0.217 e. The zero-order valence-electron chi connectivity index (χ0n) is 10.1. The number of hydrogen-bond donors (Lipinski definition) is 2. The van der Waals surface area contributed by atoms with E-state index in [1.54, 1.807) is 13.0 Å². The lowest BCUT2D eigenvalue weighted by atomic mass is 10.2. The maximum atomic E-state index is 11.8. The van der Waals surface area contributed by atoms with Crippen LogP contribution >= 0.6 is 0 Å². The summed E-state index contributed by atoms with van der Waals surface area (Å²) in [5.74, 6) is 0.420. The molecule has 0 aromatic carbocycles. The van der Waals surface area contributed by atoms with Gasteiger partial charge in [-0.05, 0) is 13.3 Å². The number of sulfonamides is 1. The van der Waals surface area contributed by atoms with Crippen LogP contribution in [0, 0.1) is 6.92 Å². The van der Waals surface area contributed by atoms with Gasteiger partial charge in [0.05, 0.1) is 0 Å². The van der Waals surface area contributed by atoms with Gasteiger partial charge in [-0.1, -0.05) is 18.5 Å². The van der Waals surface area contributed by atoms with Crippen molar-refractivity contribution in [3.63, 3.8) is 0 Å². The van der Waals surface area contributed by atoms with Gasteiger partial charge in [0, 0.05) is 18.7 Å². The van der Waals surface area contributed by atoms with Crippen LogP contribution < -0.4 is 10.5 Å². The number of nitrogens with one attached hydrogen (secondary N) is 1. The number of aromatic nitrogens is 1. The van der Waals surface area contributed by atoms with Gasteiger partial charge in [-0.2, -0.15) is 0 Å². The van der Waals surface area contributed by atoms with Gasteiger partial charge in [0.1, 0.15) is 17.2 Å². The van der Waals surface area contributed by atoms with E-state index in [1.165, 1.54) is 0 Å². The molecule has 0 spiro atoms. The zero-order chi connectivity index (χ0) is 12.9. The van der Waals surface area contributed by atoms with Gasteiger partial charge >= 0.3 is 0 Å². The fourth-order valence-electron chi connectivity index (χ4n) is 1.55. The molecule has 0 aliphatic carbocycles. The van der Waals surface area contributed by atoms with Crippen LogP contribution in [0.25, 0.3) is 0 Å². The predicted octanol–water partition coefficient (Wildman–Crippen LogP) is 0.530. The van der Waals surface area contributed by atoms with Gasteiger partial charge in [0.2, 0.25) is 10.0 Å². The van der Waals surface area contributed by atoms with Crippen molar-refractivity contribution in [1.29, 1.82) is 0 Å². The smallest absolute Gasteiger partial charge is 0.217 e. The van der Waals surface area contributed by atoms with E-state index in [4.69, 9.17) is 10.3 Å². The van der Waals surface area contributed by atoms with Gasteiger partial charge in [0.15, 0.2) is 0 Å². The molecule has 6 nitrogen and oxygen atoms in total. The monoisotopic (exact) mass is 261 g/mol. The van der Waals surface area contributed by atoms with Crippen molar-refractivity contribution in [2.75, 3.05) is 6.54 Å². The van der Waals surface area contributed by atoms with Crippen molar-refractivity contribution in [1.82, 2.24) is 9.88 Å². The lowest BCUT2D eigenvalue weighted by Gasteiger charge is -2.15. The summed E-state index contributed by atoms with van der Waals surface area (Å²) in [4.78, 5) is 0. The van der Waals surface area contributed by atoms with Crippen molar-refractivity contribution >= 4 is 10.0 Å². The van der Waals surface area contributed by atoms with Crippen LogP contribution in [0.1, 0.15) is 31.2 Å². The normalized spacial score (nSPS) is 13.8. The van der Waals surface area contributed by atoms with E-state index in [1.807, 2.05) is 6.92 Å². The molecule has 0 radical (unpaired) electrons. The summed E-state index contributed by atoms with van der Waals surface area (Å²) in [7, 11) is -3.41. The van der Waals surface area contributed by atoms with Gasteiger partial charge in [0.25, 0.3) is 0 Å². The van der Waals surface area contributed by atoms with Crippen LogP contribution in [0.3, 0.4) is 0 Å². The maximum absolute atomic E-state index is 11.8. The summed E-state index contributed by atoms with van der Waals surface area (Å²) in [5.41, 5.74) is 5.91. The second kappa shape index (κ2) is 6.13. The first-order valence-electron chi connectivity index (χ1n) is 5.59. The molecule has 0 fully saturated rings. The Morgan fingerprint density at radius 3 is 2.76 bits per heavy atom. The van der Waals surface area contributed by atoms with Crippen LogP contribution in [0.2, 0.25) is 0 Å². The highest BCUT2D eigenvalue weighted by Gasteiger charge is 2.18. The topological polar surface area (TPSA) is 98.2 Å². The SMILES string of the molecule is CCCC(CN)NS(=O)(=O)Cc1cc(C)on1. The summed E-state index contributed by atoms with van der Waals surface area (Å²) in [5, 5.41) is 3.65. The lowest BCUT2D eigenvalue weighted by molar-refractivity contribution is 0.392. The molecule has 1 aromatic rings. The third-order valence-corrected chi connectivity index (χ3v) is 3.65. The van der Waals surface area contributed by atoms with Crippen molar-refractivity contribution in [3.05, 3.63) is 17.5 Å². The molecule has 0 bridgehead atoms. The van der Waals surface area contributed by atoms with E-state index in [0.717, 1.165) is 12.8 Å². The predicted molar refractivity (Wildman–Crippen MR) is 64.7 cm³/mol. The molecular weight excluding hydrogens is 242 g/mol. The molecule has 3 N–H and O–H groups in total. The summed E-state index contributed by atoms with van der Waals surface area (Å²) in [6.07, 6.45) is 1.61. The van der Waals surface area contributed by atoms with Crippen LogP contribution in [0.15, 0.2) is 10.6 Å². The number of hydrogen-bond acceptors (Lipinski definition) is 5. The lowest BCUT2D eigenvalue weighted by Crippen LogP contribution is -2.40. The number of rotatable bonds is 7. The van der Waals surface area contributed by atoms with Crippen molar-refractivity contribution in [2.45, 2.75) is 38.5 Å². The van der Waals surface area contributed by atoms with E-state index in [9.17, 15) is 8.42 Å².